The van der Waals surface area contributed by atoms with Gasteiger partial charge in [0.15, 0.2) is 0 Å². The molecular formula is C15H20N4O2. The number of aromatic nitrogens is 2. The molecule has 2 N–H and O–H groups in total. The van der Waals surface area contributed by atoms with Gasteiger partial charge in [0.05, 0.1) is 19.0 Å². The Bertz CT molecular complexity index is 592. The van der Waals surface area contributed by atoms with Crippen LogP contribution in [0.3, 0.4) is 0 Å². The number of carbonyl (C=O) groups excluding carboxylic acids is 1. The first kappa shape index (κ1) is 14.9. The molecule has 0 aliphatic heterocycles. The average molecular weight is 288 g/mol. The highest BCUT2D eigenvalue weighted by Gasteiger charge is 2.08. The maximum absolute atomic E-state index is 11.3. The highest BCUT2D eigenvalue weighted by Crippen LogP contribution is 2.21. The lowest BCUT2D eigenvalue weighted by molar-refractivity contribution is -0.121. The fourth-order valence-electron chi connectivity index (χ4n) is 1.98. The zero-order valence-corrected chi connectivity index (χ0v) is 12.5. The SMILES string of the molecule is CNC(=O)Cn1cc(NC(C)c2ccc(OC)cc2)cn1. The second kappa shape index (κ2) is 6.78. The molecule has 21 heavy (non-hydrogen) atoms. The number of likely N-dealkylation sites (N-methyl/N-ethyl adjacent to an activating group) is 1. The van der Waals surface area contributed by atoms with Gasteiger partial charge in [-0.25, -0.2) is 0 Å². The molecule has 2 aromatic rings. The summed E-state index contributed by atoms with van der Waals surface area (Å²) in [5.41, 5.74) is 2.03. The Labute approximate surface area is 124 Å². The van der Waals surface area contributed by atoms with E-state index in [4.69, 9.17) is 4.74 Å². The van der Waals surface area contributed by atoms with Crippen LogP contribution in [-0.4, -0.2) is 29.8 Å². The van der Waals surface area contributed by atoms with Gasteiger partial charge in [0.25, 0.3) is 0 Å². The molecule has 0 saturated carbocycles. The maximum Gasteiger partial charge on any atom is 0.241 e. The average Bonchev–Trinajstić information content (AvgIpc) is 2.94. The Morgan fingerprint density at radius 1 is 1.38 bits per heavy atom. The largest absolute Gasteiger partial charge is 0.497 e. The van der Waals surface area contributed by atoms with Gasteiger partial charge in [0, 0.05) is 19.3 Å². The molecule has 112 valence electrons. The molecule has 6 heteroatoms. The van der Waals surface area contributed by atoms with E-state index in [-0.39, 0.29) is 18.5 Å². The van der Waals surface area contributed by atoms with Crippen LogP contribution < -0.4 is 15.4 Å². The molecule has 0 spiro atoms. The lowest BCUT2D eigenvalue weighted by atomic mass is 10.1. The minimum absolute atomic E-state index is 0.0761. The van der Waals surface area contributed by atoms with E-state index >= 15 is 0 Å². The number of carbonyl (C=O) groups is 1. The van der Waals surface area contributed by atoms with E-state index in [0.717, 1.165) is 17.0 Å². The molecule has 1 heterocycles. The third-order valence-corrected chi connectivity index (χ3v) is 3.22. The zero-order chi connectivity index (χ0) is 15.2. The Hall–Kier alpha value is -2.50. The number of ether oxygens (including phenoxy) is 1. The van der Waals surface area contributed by atoms with Crippen LogP contribution >= 0.6 is 0 Å². The predicted molar refractivity (Wildman–Crippen MR) is 81.3 cm³/mol. The molecular weight excluding hydrogens is 268 g/mol. The Morgan fingerprint density at radius 2 is 2.10 bits per heavy atom. The summed E-state index contributed by atoms with van der Waals surface area (Å²) in [4.78, 5) is 11.3. The van der Waals surface area contributed by atoms with Crippen LogP contribution in [0.1, 0.15) is 18.5 Å². The van der Waals surface area contributed by atoms with Crippen molar-refractivity contribution in [2.45, 2.75) is 19.5 Å². The number of rotatable bonds is 6. The quantitative estimate of drug-likeness (QED) is 0.850. The molecule has 0 fully saturated rings. The monoisotopic (exact) mass is 288 g/mol. The normalized spacial score (nSPS) is 11.8. The van der Waals surface area contributed by atoms with E-state index in [0.29, 0.717) is 0 Å². The van der Waals surface area contributed by atoms with Crippen LogP contribution in [0.5, 0.6) is 5.75 Å². The van der Waals surface area contributed by atoms with Crippen LogP contribution in [-0.2, 0) is 11.3 Å². The van der Waals surface area contributed by atoms with Crippen molar-refractivity contribution >= 4 is 11.6 Å². The molecule has 6 nitrogen and oxygen atoms in total. The summed E-state index contributed by atoms with van der Waals surface area (Å²) >= 11 is 0. The van der Waals surface area contributed by atoms with Gasteiger partial charge in [-0.2, -0.15) is 5.10 Å². The number of anilines is 1. The van der Waals surface area contributed by atoms with Gasteiger partial charge in [0.2, 0.25) is 5.91 Å². The number of nitrogens with zero attached hydrogens (tertiary/aromatic N) is 2. The molecule has 1 aromatic carbocycles. The van der Waals surface area contributed by atoms with Gasteiger partial charge >= 0.3 is 0 Å². The van der Waals surface area contributed by atoms with Gasteiger partial charge in [0.1, 0.15) is 12.3 Å². The molecule has 1 amide bonds. The molecule has 1 aromatic heterocycles. The highest BCUT2D eigenvalue weighted by molar-refractivity contribution is 5.75. The van der Waals surface area contributed by atoms with Crippen molar-refractivity contribution in [2.75, 3.05) is 19.5 Å². The van der Waals surface area contributed by atoms with Gasteiger partial charge in [-0.1, -0.05) is 12.1 Å². The Kier molecular flexibility index (Phi) is 4.81. The molecule has 2 rings (SSSR count). The first-order valence-electron chi connectivity index (χ1n) is 6.76. The molecule has 0 saturated heterocycles. The van der Waals surface area contributed by atoms with Crippen molar-refractivity contribution in [3.8, 4) is 5.75 Å². The maximum atomic E-state index is 11.3. The smallest absolute Gasteiger partial charge is 0.241 e. The van der Waals surface area contributed by atoms with Crippen molar-refractivity contribution in [3.63, 3.8) is 0 Å². The van der Waals surface area contributed by atoms with E-state index in [1.54, 1.807) is 25.0 Å². The molecule has 1 atom stereocenters. The number of hydrogen-bond donors (Lipinski definition) is 2. The molecule has 0 aliphatic carbocycles. The lowest BCUT2D eigenvalue weighted by Crippen LogP contribution is -2.23. The second-order valence-corrected chi connectivity index (χ2v) is 4.74. The summed E-state index contributed by atoms with van der Waals surface area (Å²) in [6.45, 7) is 2.28. The minimum atomic E-state index is -0.0761. The van der Waals surface area contributed by atoms with E-state index in [2.05, 4.69) is 22.7 Å². The van der Waals surface area contributed by atoms with Gasteiger partial charge in [-0.3, -0.25) is 9.48 Å². The molecule has 1 unspecified atom stereocenters. The summed E-state index contributed by atoms with van der Waals surface area (Å²) < 4.78 is 6.75. The van der Waals surface area contributed by atoms with Gasteiger partial charge in [-0.05, 0) is 24.6 Å². The van der Waals surface area contributed by atoms with Gasteiger partial charge < -0.3 is 15.4 Å². The number of methoxy groups -OCH3 is 1. The van der Waals surface area contributed by atoms with Crippen LogP contribution in [0.25, 0.3) is 0 Å². The number of amides is 1. The number of nitrogens with one attached hydrogen (secondary N) is 2. The van der Waals surface area contributed by atoms with Crippen LogP contribution in [0.4, 0.5) is 5.69 Å². The summed E-state index contributed by atoms with van der Waals surface area (Å²) in [5.74, 6) is 0.761. The van der Waals surface area contributed by atoms with E-state index in [1.165, 1.54) is 0 Å². The summed E-state index contributed by atoms with van der Waals surface area (Å²) in [7, 11) is 3.26. The molecule has 0 radical (unpaired) electrons. The number of hydrogen-bond acceptors (Lipinski definition) is 4. The van der Waals surface area contributed by atoms with Crippen LogP contribution in [0, 0.1) is 0 Å². The van der Waals surface area contributed by atoms with Crippen LogP contribution in [0.15, 0.2) is 36.7 Å². The van der Waals surface area contributed by atoms with E-state index in [9.17, 15) is 4.79 Å². The summed E-state index contributed by atoms with van der Waals surface area (Å²) in [6, 6.07) is 8.04. The topological polar surface area (TPSA) is 68.2 Å². The van der Waals surface area contributed by atoms with E-state index in [1.807, 2.05) is 30.5 Å². The van der Waals surface area contributed by atoms with Gasteiger partial charge in [-0.15, -0.1) is 0 Å². The van der Waals surface area contributed by atoms with Crippen molar-refractivity contribution in [3.05, 3.63) is 42.2 Å². The van der Waals surface area contributed by atoms with Crippen molar-refractivity contribution < 1.29 is 9.53 Å². The van der Waals surface area contributed by atoms with Crippen molar-refractivity contribution in [1.82, 2.24) is 15.1 Å². The van der Waals surface area contributed by atoms with Crippen molar-refractivity contribution in [2.24, 2.45) is 0 Å². The third-order valence-electron chi connectivity index (χ3n) is 3.22. The highest BCUT2D eigenvalue weighted by atomic mass is 16.5. The Morgan fingerprint density at radius 3 is 2.71 bits per heavy atom. The van der Waals surface area contributed by atoms with E-state index < -0.39 is 0 Å². The standard InChI is InChI=1S/C15H20N4O2/c1-11(12-4-6-14(21-3)7-5-12)18-13-8-17-19(9-13)10-15(20)16-2/h4-9,11,18H,10H2,1-3H3,(H,16,20). The number of benzene rings is 1. The fraction of sp³-hybridized carbons (Fsp3) is 0.333. The summed E-state index contributed by atoms with van der Waals surface area (Å²) in [6.07, 6.45) is 3.53. The van der Waals surface area contributed by atoms with Crippen LogP contribution in [0.2, 0.25) is 0 Å². The zero-order valence-electron chi connectivity index (χ0n) is 12.5. The molecule has 0 aliphatic rings. The predicted octanol–water partition coefficient (Wildman–Crippen LogP) is 1.81. The first-order valence-corrected chi connectivity index (χ1v) is 6.76. The summed E-state index contributed by atoms with van der Waals surface area (Å²) in [5, 5.41) is 10.1. The fourth-order valence-corrected chi connectivity index (χ4v) is 1.98. The second-order valence-electron chi connectivity index (χ2n) is 4.74. The third kappa shape index (κ3) is 3.98. The Balaban J connectivity index is 1.98. The van der Waals surface area contributed by atoms with Crippen molar-refractivity contribution in [1.29, 1.82) is 0 Å². The molecule has 0 bridgehead atoms. The lowest BCUT2D eigenvalue weighted by Gasteiger charge is -2.14. The minimum Gasteiger partial charge on any atom is -0.497 e. The first-order chi connectivity index (χ1) is 10.1.